The van der Waals surface area contributed by atoms with E-state index in [4.69, 9.17) is 4.42 Å². The number of aliphatic hydroxyl groups excluding tert-OH is 1. The smallest absolute Gasteiger partial charge is 0.180 e. The number of pyridine rings is 1. The lowest BCUT2D eigenvalue weighted by Crippen LogP contribution is -2.17. The van der Waals surface area contributed by atoms with Crippen molar-refractivity contribution in [3.8, 4) is 0 Å². The van der Waals surface area contributed by atoms with Crippen molar-refractivity contribution in [2.75, 3.05) is 0 Å². The highest BCUT2D eigenvalue weighted by atomic mass is 16.3. The highest BCUT2D eigenvalue weighted by Gasteiger charge is 2.22. The van der Waals surface area contributed by atoms with Crippen LogP contribution in [0.1, 0.15) is 24.2 Å². The summed E-state index contributed by atoms with van der Waals surface area (Å²) in [5.41, 5.74) is 1.49. The van der Waals surface area contributed by atoms with Crippen LogP contribution in [0.5, 0.6) is 0 Å². The second-order valence-corrected chi connectivity index (χ2v) is 3.39. The molecular weight excluding hydrogens is 192 g/mol. The standard InChI is InChI=1S/C11H12N2O2/c1-8(14)11(10-6-15-7-13-10)9-4-2-3-5-12-9/h2-8,11,14H,1H3. The molecule has 0 aliphatic heterocycles. The van der Waals surface area contributed by atoms with Crippen LogP contribution in [0.4, 0.5) is 0 Å². The Kier molecular flexibility index (Phi) is 2.78. The van der Waals surface area contributed by atoms with Gasteiger partial charge >= 0.3 is 0 Å². The van der Waals surface area contributed by atoms with Crippen molar-refractivity contribution in [2.45, 2.75) is 18.9 Å². The molecule has 2 atom stereocenters. The minimum atomic E-state index is -0.551. The molecule has 4 heteroatoms. The van der Waals surface area contributed by atoms with Crippen LogP contribution in [0.2, 0.25) is 0 Å². The summed E-state index contributed by atoms with van der Waals surface area (Å²) in [6.45, 7) is 1.72. The van der Waals surface area contributed by atoms with Crippen LogP contribution in [-0.4, -0.2) is 21.2 Å². The van der Waals surface area contributed by atoms with Gasteiger partial charge in [-0.15, -0.1) is 0 Å². The molecule has 2 aromatic rings. The Morgan fingerprint density at radius 2 is 2.13 bits per heavy atom. The molecule has 0 radical (unpaired) electrons. The third-order valence-corrected chi connectivity index (χ3v) is 2.26. The van der Waals surface area contributed by atoms with Crippen LogP contribution < -0.4 is 0 Å². The fraction of sp³-hybridized carbons (Fsp3) is 0.273. The van der Waals surface area contributed by atoms with Gasteiger partial charge in [-0.1, -0.05) is 6.07 Å². The molecule has 2 unspecified atom stereocenters. The van der Waals surface area contributed by atoms with Crippen LogP contribution in [0.3, 0.4) is 0 Å². The highest BCUT2D eigenvalue weighted by Crippen LogP contribution is 2.24. The molecule has 78 valence electrons. The predicted molar refractivity (Wildman–Crippen MR) is 54.3 cm³/mol. The van der Waals surface area contributed by atoms with Gasteiger partial charge in [0.25, 0.3) is 0 Å². The molecule has 0 aliphatic rings. The molecule has 15 heavy (non-hydrogen) atoms. The molecule has 0 spiro atoms. The summed E-state index contributed by atoms with van der Waals surface area (Å²) >= 11 is 0. The normalized spacial score (nSPS) is 14.8. The summed E-state index contributed by atoms with van der Waals surface area (Å²) in [5.74, 6) is -0.232. The first-order chi connectivity index (χ1) is 7.29. The number of oxazole rings is 1. The van der Waals surface area contributed by atoms with Gasteiger partial charge in [-0.05, 0) is 19.1 Å². The average Bonchev–Trinajstić information content (AvgIpc) is 2.72. The molecule has 0 aliphatic carbocycles. The number of aliphatic hydroxyl groups is 1. The first kappa shape index (κ1) is 9.86. The number of rotatable bonds is 3. The predicted octanol–water partition coefficient (Wildman–Crippen LogP) is 1.58. The molecule has 2 aromatic heterocycles. The quantitative estimate of drug-likeness (QED) is 0.824. The monoisotopic (exact) mass is 204 g/mol. The van der Waals surface area contributed by atoms with E-state index in [2.05, 4.69) is 9.97 Å². The van der Waals surface area contributed by atoms with E-state index in [0.717, 1.165) is 5.69 Å². The summed E-state index contributed by atoms with van der Waals surface area (Å²) < 4.78 is 4.92. The molecular formula is C11H12N2O2. The van der Waals surface area contributed by atoms with E-state index in [1.807, 2.05) is 18.2 Å². The Balaban J connectivity index is 2.37. The molecule has 0 fully saturated rings. The summed E-state index contributed by atoms with van der Waals surface area (Å²) in [5, 5.41) is 9.72. The van der Waals surface area contributed by atoms with Crippen LogP contribution in [-0.2, 0) is 0 Å². The van der Waals surface area contributed by atoms with Gasteiger partial charge < -0.3 is 9.52 Å². The summed E-state index contributed by atoms with van der Waals surface area (Å²) in [4.78, 5) is 8.26. The van der Waals surface area contributed by atoms with Crippen molar-refractivity contribution in [1.82, 2.24) is 9.97 Å². The van der Waals surface area contributed by atoms with E-state index < -0.39 is 6.10 Å². The van der Waals surface area contributed by atoms with E-state index in [9.17, 15) is 5.11 Å². The second-order valence-electron chi connectivity index (χ2n) is 3.39. The maximum absolute atomic E-state index is 9.72. The van der Waals surface area contributed by atoms with Crippen molar-refractivity contribution in [3.05, 3.63) is 48.4 Å². The van der Waals surface area contributed by atoms with Crippen molar-refractivity contribution >= 4 is 0 Å². The lowest BCUT2D eigenvalue weighted by Gasteiger charge is -2.16. The first-order valence-corrected chi connectivity index (χ1v) is 4.76. The molecule has 2 rings (SSSR count). The second kappa shape index (κ2) is 4.23. The van der Waals surface area contributed by atoms with Crippen LogP contribution >= 0.6 is 0 Å². The zero-order valence-electron chi connectivity index (χ0n) is 8.37. The van der Waals surface area contributed by atoms with Gasteiger partial charge in [0.05, 0.1) is 23.4 Å². The maximum atomic E-state index is 9.72. The van der Waals surface area contributed by atoms with E-state index in [1.54, 1.807) is 13.1 Å². The third kappa shape index (κ3) is 2.05. The number of nitrogens with zero attached hydrogens (tertiary/aromatic N) is 2. The van der Waals surface area contributed by atoms with E-state index in [0.29, 0.717) is 5.69 Å². The third-order valence-electron chi connectivity index (χ3n) is 2.26. The van der Waals surface area contributed by atoms with Gasteiger partial charge in [-0.3, -0.25) is 4.98 Å². The number of hydrogen-bond donors (Lipinski definition) is 1. The molecule has 4 nitrogen and oxygen atoms in total. The topological polar surface area (TPSA) is 59.2 Å². The Hall–Kier alpha value is -1.68. The van der Waals surface area contributed by atoms with Crippen LogP contribution in [0.15, 0.2) is 41.5 Å². The van der Waals surface area contributed by atoms with E-state index >= 15 is 0 Å². The van der Waals surface area contributed by atoms with Gasteiger partial charge in [0, 0.05) is 6.20 Å². The summed E-state index contributed by atoms with van der Waals surface area (Å²) in [6.07, 6.45) is 4.04. The van der Waals surface area contributed by atoms with E-state index in [1.165, 1.54) is 12.7 Å². The molecule has 0 saturated carbocycles. The van der Waals surface area contributed by atoms with Gasteiger partial charge in [-0.2, -0.15) is 0 Å². The molecule has 0 bridgehead atoms. The van der Waals surface area contributed by atoms with Gasteiger partial charge in [0.15, 0.2) is 6.39 Å². The molecule has 0 amide bonds. The lowest BCUT2D eigenvalue weighted by molar-refractivity contribution is 0.173. The van der Waals surface area contributed by atoms with Crippen LogP contribution in [0.25, 0.3) is 0 Å². The van der Waals surface area contributed by atoms with Crippen molar-refractivity contribution in [3.63, 3.8) is 0 Å². The molecule has 1 N–H and O–H groups in total. The summed E-state index contributed by atoms with van der Waals surface area (Å²) in [6, 6.07) is 5.59. The number of hydrogen-bond acceptors (Lipinski definition) is 4. The zero-order valence-corrected chi connectivity index (χ0v) is 8.37. The minimum Gasteiger partial charge on any atom is -0.451 e. The Labute approximate surface area is 87.6 Å². The van der Waals surface area contributed by atoms with Gasteiger partial charge in [0.1, 0.15) is 6.26 Å². The minimum absolute atomic E-state index is 0.232. The zero-order chi connectivity index (χ0) is 10.7. The Morgan fingerprint density at radius 3 is 2.67 bits per heavy atom. The van der Waals surface area contributed by atoms with Crippen LogP contribution in [0, 0.1) is 0 Å². The lowest BCUT2D eigenvalue weighted by atomic mass is 9.96. The van der Waals surface area contributed by atoms with Crippen molar-refractivity contribution in [1.29, 1.82) is 0 Å². The highest BCUT2D eigenvalue weighted by molar-refractivity contribution is 5.21. The van der Waals surface area contributed by atoms with Crippen molar-refractivity contribution in [2.24, 2.45) is 0 Å². The fourth-order valence-electron chi connectivity index (χ4n) is 1.58. The molecule has 0 saturated heterocycles. The average molecular weight is 204 g/mol. The first-order valence-electron chi connectivity index (χ1n) is 4.76. The Bertz CT molecular complexity index is 398. The van der Waals surface area contributed by atoms with Crippen molar-refractivity contribution < 1.29 is 9.52 Å². The van der Waals surface area contributed by atoms with Gasteiger partial charge in [-0.25, -0.2) is 4.98 Å². The Morgan fingerprint density at radius 1 is 1.27 bits per heavy atom. The molecule has 2 heterocycles. The SMILES string of the molecule is CC(O)C(c1ccccn1)c1cocn1. The fourth-order valence-corrected chi connectivity index (χ4v) is 1.58. The molecule has 0 aromatic carbocycles. The summed E-state index contributed by atoms with van der Waals surface area (Å²) in [7, 11) is 0. The maximum Gasteiger partial charge on any atom is 0.180 e. The van der Waals surface area contributed by atoms with E-state index in [-0.39, 0.29) is 5.92 Å². The largest absolute Gasteiger partial charge is 0.451 e. The van der Waals surface area contributed by atoms with Gasteiger partial charge in [0.2, 0.25) is 0 Å². The number of aromatic nitrogens is 2.